The van der Waals surface area contributed by atoms with E-state index >= 15 is 0 Å². The van der Waals surface area contributed by atoms with Crippen LogP contribution < -0.4 is 20.9 Å². The summed E-state index contributed by atoms with van der Waals surface area (Å²) >= 11 is 0. The number of amides is 2. The van der Waals surface area contributed by atoms with Crippen molar-refractivity contribution in [1.82, 2.24) is 9.88 Å². The van der Waals surface area contributed by atoms with Crippen molar-refractivity contribution in [3.05, 3.63) is 108 Å². The molecule has 1 aliphatic heterocycles. The number of carbonyl (C=O) groups is 2. The van der Waals surface area contributed by atoms with Crippen LogP contribution in [-0.2, 0) is 11.3 Å². The zero-order chi connectivity index (χ0) is 33.4. The van der Waals surface area contributed by atoms with E-state index in [0.29, 0.717) is 38.0 Å². The van der Waals surface area contributed by atoms with Gasteiger partial charge in [-0.25, -0.2) is 4.39 Å². The highest BCUT2D eigenvalue weighted by Gasteiger charge is 2.23. The fraction of sp³-hybridized carbons (Fsp3) is 0.342. The maximum atomic E-state index is 13.5. The summed E-state index contributed by atoms with van der Waals surface area (Å²) in [5.74, 6) is -0.348. The SMILES string of the molecule is CC(C)(C)CC(=O)Nc1cc(-c2cccc(CN(CCCN)C(=O)c3cccnc3)c2)ccc1N1CCN(c2ccc(F)cc2)CC1. The summed E-state index contributed by atoms with van der Waals surface area (Å²) in [5.41, 5.74) is 11.9. The topological polar surface area (TPSA) is 94.8 Å². The lowest BCUT2D eigenvalue weighted by molar-refractivity contribution is -0.117. The Morgan fingerprint density at radius 3 is 2.32 bits per heavy atom. The molecule has 0 aliphatic carbocycles. The molecule has 8 nitrogen and oxygen atoms in total. The summed E-state index contributed by atoms with van der Waals surface area (Å²) in [4.78, 5) is 37.0. The highest BCUT2D eigenvalue weighted by atomic mass is 19.1. The van der Waals surface area contributed by atoms with E-state index in [4.69, 9.17) is 5.73 Å². The number of hydrogen-bond donors (Lipinski definition) is 2. The minimum atomic E-state index is -0.240. The molecule has 3 N–H and O–H groups in total. The van der Waals surface area contributed by atoms with Gasteiger partial charge in [0, 0.05) is 63.8 Å². The lowest BCUT2D eigenvalue weighted by Gasteiger charge is -2.38. The van der Waals surface area contributed by atoms with Crippen molar-refractivity contribution < 1.29 is 14.0 Å². The second-order valence-electron chi connectivity index (χ2n) is 13.3. The standard InChI is InChI=1S/C38H45FN6O2/c1-38(2,3)25-36(46)42-34-24-30(10-15-35(34)44-21-19-43(20-22-44)33-13-11-32(39)12-14-33)29-8-4-7-28(23-29)27-45(18-6-16-40)37(47)31-9-5-17-41-26-31/h4-5,7-15,17,23-24,26H,6,16,18-22,25,27,40H2,1-3H3,(H,42,46). The first-order chi connectivity index (χ1) is 22.6. The Morgan fingerprint density at radius 2 is 1.64 bits per heavy atom. The molecular formula is C38H45FN6O2. The molecule has 4 aromatic rings. The van der Waals surface area contributed by atoms with Crippen LogP contribution in [0.4, 0.5) is 21.5 Å². The smallest absolute Gasteiger partial charge is 0.255 e. The van der Waals surface area contributed by atoms with Gasteiger partial charge in [0.2, 0.25) is 5.91 Å². The zero-order valence-corrected chi connectivity index (χ0v) is 27.6. The Morgan fingerprint density at radius 1 is 0.915 bits per heavy atom. The maximum absolute atomic E-state index is 13.5. The van der Waals surface area contributed by atoms with Crippen molar-refractivity contribution in [2.24, 2.45) is 11.1 Å². The Bertz CT molecular complexity index is 1650. The van der Waals surface area contributed by atoms with Gasteiger partial charge < -0.3 is 25.8 Å². The molecule has 1 aliphatic rings. The van der Waals surface area contributed by atoms with Crippen molar-refractivity contribution in [2.45, 2.75) is 40.2 Å². The molecule has 0 spiro atoms. The molecule has 0 radical (unpaired) electrons. The van der Waals surface area contributed by atoms with Crippen LogP contribution in [-0.4, -0.2) is 61.0 Å². The van der Waals surface area contributed by atoms with Crippen molar-refractivity contribution in [3.8, 4) is 11.1 Å². The summed E-state index contributed by atoms with van der Waals surface area (Å²) < 4.78 is 13.5. The lowest BCUT2D eigenvalue weighted by Crippen LogP contribution is -2.46. The van der Waals surface area contributed by atoms with Crippen LogP contribution in [0.1, 0.15) is 49.5 Å². The molecule has 1 fully saturated rings. The highest BCUT2D eigenvalue weighted by Crippen LogP contribution is 2.34. The first-order valence-electron chi connectivity index (χ1n) is 16.3. The minimum absolute atomic E-state index is 0.0286. The largest absolute Gasteiger partial charge is 0.368 e. The lowest BCUT2D eigenvalue weighted by atomic mass is 9.92. The summed E-state index contributed by atoms with van der Waals surface area (Å²) in [7, 11) is 0. The molecule has 0 bridgehead atoms. The molecule has 1 aromatic heterocycles. The number of piperazine rings is 1. The van der Waals surface area contributed by atoms with Gasteiger partial charge in [0.25, 0.3) is 5.91 Å². The molecule has 2 amide bonds. The Labute approximate surface area is 277 Å². The van der Waals surface area contributed by atoms with E-state index in [1.54, 1.807) is 24.5 Å². The fourth-order valence-electron chi connectivity index (χ4n) is 5.90. The second kappa shape index (κ2) is 15.2. The molecule has 0 unspecified atom stereocenters. The number of aromatic nitrogens is 1. The summed E-state index contributed by atoms with van der Waals surface area (Å²) in [6.45, 7) is 10.7. The third-order valence-corrected chi connectivity index (χ3v) is 8.24. The van der Waals surface area contributed by atoms with E-state index in [2.05, 4.69) is 59.1 Å². The van der Waals surface area contributed by atoms with Crippen LogP contribution in [0.2, 0.25) is 0 Å². The van der Waals surface area contributed by atoms with Crippen LogP contribution in [0.3, 0.4) is 0 Å². The third-order valence-electron chi connectivity index (χ3n) is 8.24. The van der Waals surface area contributed by atoms with E-state index < -0.39 is 0 Å². The minimum Gasteiger partial charge on any atom is -0.368 e. The molecule has 0 saturated carbocycles. The molecule has 47 heavy (non-hydrogen) atoms. The predicted molar refractivity (Wildman–Crippen MR) is 188 cm³/mol. The van der Waals surface area contributed by atoms with Crippen molar-refractivity contribution in [2.75, 3.05) is 54.4 Å². The number of hydrogen-bond acceptors (Lipinski definition) is 6. The Hall–Kier alpha value is -4.76. The van der Waals surface area contributed by atoms with E-state index in [-0.39, 0.29) is 23.0 Å². The third kappa shape index (κ3) is 9.16. The molecular weight excluding hydrogens is 591 g/mol. The predicted octanol–water partition coefficient (Wildman–Crippen LogP) is 6.58. The normalized spacial score (nSPS) is 13.4. The summed E-state index contributed by atoms with van der Waals surface area (Å²) in [6.07, 6.45) is 4.34. The Kier molecular flexibility index (Phi) is 10.9. The van der Waals surface area contributed by atoms with Crippen LogP contribution in [0, 0.1) is 11.2 Å². The number of nitrogens with one attached hydrogen (secondary N) is 1. The first kappa shape index (κ1) is 33.6. The number of nitrogens with two attached hydrogens (primary N) is 1. The number of benzene rings is 3. The van der Waals surface area contributed by atoms with Gasteiger partial charge in [0.1, 0.15) is 5.82 Å². The zero-order valence-electron chi connectivity index (χ0n) is 27.6. The van der Waals surface area contributed by atoms with E-state index in [9.17, 15) is 14.0 Å². The van der Waals surface area contributed by atoms with Gasteiger partial charge in [-0.1, -0.05) is 45.0 Å². The molecule has 1 saturated heterocycles. The maximum Gasteiger partial charge on any atom is 0.255 e. The molecule has 246 valence electrons. The van der Waals surface area contributed by atoms with Crippen LogP contribution in [0.5, 0.6) is 0 Å². The molecule has 0 atom stereocenters. The van der Waals surface area contributed by atoms with Crippen LogP contribution in [0.15, 0.2) is 91.3 Å². The van der Waals surface area contributed by atoms with Crippen LogP contribution in [0.25, 0.3) is 11.1 Å². The molecule has 9 heteroatoms. The van der Waals surface area contributed by atoms with Gasteiger partial charge in [-0.2, -0.15) is 0 Å². The van der Waals surface area contributed by atoms with Gasteiger partial charge in [-0.3, -0.25) is 14.6 Å². The summed E-state index contributed by atoms with van der Waals surface area (Å²) in [5, 5.41) is 3.22. The molecule has 5 rings (SSSR count). The van der Waals surface area contributed by atoms with Crippen molar-refractivity contribution in [3.63, 3.8) is 0 Å². The fourth-order valence-corrected chi connectivity index (χ4v) is 5.90. The number of rotatable bonds is 11. The van der Waals surface area contributed by atoms with Gasteiger partial charge >= 0.3 is 0 Å². The van der Waals surface area contributed by atoms with E-state index in [1.807, 2.05) is 41.3 Å². The van der Waals surface area contributed by atoms with E-state index in [1.165, 1.54) is 12.1 Å². The van der Waals surface area contributed by atoms with Crippen molar-refractivity contribution >= 4 is 28.9 Å². The van der Waals surface area contributed by atoms with Gasteiger partial charge in [0.15, 0.2) is 0 Å². The second-order valence-corrected chi connectivity index (χ2v) is 13.3. The van der Waals surface area contributed by atoms with Crippen molar-refractivity contribution in [1.29, 1.82) is 0 Å². The van der Waals surface area contributed by atoms with Gasteiger partial charge in [-0.15, -0.1) is 0 Å². The molecule has 2 heterocycles. The average molecular weight is 637 g/mol. The number of nitrogens with zero attached hydrogens (tertiary/aromatic N) is 4. The highest BCUT2D eigenvalue weighted by molar-refractivity contribution is 5.96. The number of anilines is 3. The monoisotopic (exact) mass is 636 g/mol. The number of carbonyl (C=O) groups excluding carboxylic acids is 2. The molecule has 3 aromatic carbocycles. The Balaban J connectivity index is 1.39. The van der Waals surface area contributed by atoms with Crippen LogP contribution >= 0.6 is 0 Å². The van der Waals surface area contributed by atoms with Gasteiger partial charge in [-0.05, 0) is 89.7 Å². The first-order valence-corrected chi connectivity index (χ1v) is 16.3. The number of pyridine rings is 1. The van der Waals surface area contributed by atoms with Gasteiger partial charge in [0.05, 0.1) is 16.9 Å². The quantitative estimate of drug-likeness (QED) is 0.193. The summed E-state index contributed by atoms with van der Waals surface area (Å²) in [6, 6.07) is 24.6. The average Bonchev–Trinajstić information content (AvgIpc) is 3.06. The number of halogens is 1. The van der Waals surface area contributed by atoms with E-state index in [0.717, 1.165) is 59.9 Å².